The minimum Gasteiger partial charge on any atom is -0.300 e. The number of ketones is 1. The van der Waals surface area contributed by atoms with Crippen LogP contribution in [0.2, 0.25) is 0 Å². The van der Waals surface area contributed by atoms with Gasteiger partial charge in [0, 0.05) is 17.1 Å². The van der Waals surface area contributed by atoms with Crippen molar-refractivity contribution in [3.63, 3.8) is 0 Å². The molecule has 14 heavy (non-hydrogen) atoms. The summed E-state index contributed by atoms with van der Waals surface area (Å²) in [6.45, 7) is 8.45. The standard InChI is InChI=1S/C11H12N2O/c1-8(6-12)4-11(10(3)14)5-9(2)7-13/h11H,1-2,4-5H2,3H3. The largest absolute Gasteiger partial charge is 0.300 e. The number of hydrogen-bond acceptors (Lipinski definition) is 3. The lowest BCUT2D eigenvalue weighted by Gasteiger charge is -2.10. The Labute approximate surface area is 84.0 Å². The third-order valence-electron chi connectivity index (χ3n) is 1.88. The second kappa shape index (κ2) is 5.72. The zero-order valence-electron chi connectivity index (χ0n) is 8.21. The van der Waals surface area contributed by atoms with E-state index in [1.807, 2.05) is 12.1 Å². The maximum absolute atomic E-state index is 11.1. The van der Waals surface area contributed by atoms with Crippen molar-refractivity contribution < 1.29 is 4.79 Å². The molecule has 0 saturated heterocycles. The first-order chi connectivity index (χ1) is 6.51. The van der Waals surface area contributed by atoms with Gasteiger partial charge in [-0.25, -0.2) is 0 Å². The van der Waals surface area contributed by atoms with E-state index in [9.17, 15) is 4.79 Å². The van der Waals surface area contributed by atoms with E-state index in [0.29, 0.717) is 24.0 Å². The Morgan fingerprint density at radius 3 is 1.79 bits per heavy atom. The van der Waals surface area contributed by atoms with Crippen LogP contribution in [0.15, 0.2) is 24.3 Å². The molecule has 3 nitrogen and oxygen atoms in total. The highest BCUT2D eigenvalue weighted by Gasteiger charge is 2.16. The summed E-state index contributed by atoms with van der Waals surface area (Å²) in [5.41, 5.74) is 0.715. The fourth-order valence-corrected chi connectivity index (χ4v) is 1.05. The molecule has 0 unspecified atom stereocenters. The average molecular weight is 188 g/mol. The molecule has 0 fully saturated rings. The molecule has 0 aromatic carbocycles. The minimum absolute atomic E-state index is 0.0437. The molecule has 0 spiro atoms. The predicted octanol–water partition coefficient (Wildman–Crippen LogP) is 2.13. The molecule has 0 aromatic heterocycles. The van der Waals surface area contributed by atoms with Gasteiger partial charge in [-0.05, 0) is 19.8 Å². The lowest BCUT2D eigenvalue weighted by molar-refractivity contribution is -0.120. The van der Waals surface area contributed by atoms with Gasteiger partial charge in [0.1, 0.15) is 5.78 Å². The van der Waals surface area contributed by atoms with Crippen LogP contribution >= 0.6 is 0 Å². The minimum atomic E-state index is -0.339. The molecular weight excluding hydrogens is 176 g/mol. The Morgan fingerprint density at radius 1 is 1.21 bits per heavy atom. The summed E-state index contributed by atoms with van der Waals surface area (Å²) in [6.07, 6.45) is 0.624. The first-order valence-electron chi connectivity index (χ1n) is 4.17. The zero-order valence-corrected chi connectivity index (χ0v) is 8.21. The van der Waals surface area contributed by atoms with Crippen LogP contribution in [0.25, 0.3) is 0 Å². The highest BCUT2D eigenvalue weighted by Crippen LogP contribution is 2.18. The van der Waals surface area contributed by atoms with Crippen molar-refractivity contribution in [1.29, 1.82) is 10.5 Å². The molecule has 0 saturated carbocycles. The fourth-order valence-electron chi connectivity index (χ4n) is 1.05. The van der Waals surface area contributed by atoms with E-state index in [1.165, 1.54) is 6.92 Å². The quantitative estimate of drug-likeness (QED) is 0.621. The number of Topliss-reactive ketones (excluding diaryl/α,β-unsaturated/α-hetero) is 1. The molecule has 0 radical (unpaired) electrons. The van der Waals surface area contributed by atoms with Crippen LogP contribution in [0.4, 0.5) is 0 Å². The summed E-state index contributed by atoms with van der Waals surface area (Å²) in [5, 5.41) is 17.0. The monoisotopic (exact) mass is 188 g/mol. The van der Waals surface area contributed by atoms with E-state index in [0.717, 1.165) is 0 Å². The Morgan fingerprint density at radius 2 is 1.57 bits per heavy atom. The van der Waals surface area contributed by atoms with Gasteiger partial charge in [-0.2, -0.15) is 10.5 Å². The van der Waals surface area contributed by atoms with Crippen LogP contribution < -0.4 is 0 Å². The van der Waals surface area contributed by atoms with Gasteiger partial charge in [-0.15, -0.1) is 0 Å². The van der Waals surface area contributed by atoms with Crippen LogP contribution in [-0.2, 0) is 4.79 Å². The van der Waals surface area contributed by atoms with Gasteiger partial charge in [-0.1, -0.05) is 13.2 Å². The van der Waals surface area contributed by atoms with Gasteiger partial charge < -0.3 is 0 Å². The van der Waals surface area contributed by atoms with E-state index in [-0.39, 0.29) is 11.7 Å². The first kappa shape index (κ1) is 12.1. The summed E-state index contributed by atoms with van der Waals surface area (Å²) < 4.78 is 0. The summed E-state index contributed by atoms with van der Waals surface area (Å²) in [4.78, 5) is 11.1. The van der Waals surface area contributed by atoms with Crippen molar-refractivity contribution in [3.8, 4) is 12.1 Å². The predicted molar refractivity (Wildman–Crippen MR) is 52.9 cm³/mol. The smallest absolute Gasteiger partial charge is 0.133 e. The van der Waals surface area contributed by atoms with Crippen LogP contribution in [-0.4, -0.2) is 5.78 Å². The van der Waals surface area contributed by atoms with Gasteiger partial charge in [0.05, 0.1) is 12.1 Å². The van der Waals surface area contributed by atoms with Crippen molar-refractivity contribution in [3.05, 3.63) is 24.3 Å². The normalized spacial score (nSPS) is 8.86. The molecule has 0 bridgehead atoms. The Bertz CT molecular complexity index is 313. The van der Waals surface area contributed by atoms with Gasteiger partial charge in [0.25, 0.3) is 0 Å². The number of nitrogens with zero attached hydrogens (tertiary/aromatic N) is 2. The van der Waals surface area contributed by atoms with Crippen molar-refractivity contribution in [2.24, 2.45) is 5.92 Å². The molecule has 0 heterocycles. The third kappa shape index (κ3) is 4.23. The molecule has 0 atom stereocenters. The number of carbonyl (C=O) groups excluding carboxylic acids is 1. The van der Waals surface area contributed by atoms with Gasteiger partial charge in [0.15, 0.2) is 0 Å². The van der Waals surface area contributed by atoms with Crippen LogP contribution in [0.3, 0.4) is 0 Å². The molecule has 0 aliphatic rings. The number of rotatable bonds is 5. The Hall–Kier alpha value is -1.87. The Kier molecular flexibility index (Phi) is 4.96. The maximum atomic E-state index is 11.1. The summed E-state index contributed by atoms with van der Waals surface area (Å²) >= 11 is 0. The lowest BCUT2D eigenvalue weighted by Crippen LogP contribution is -2.12. The summed E-state index contributed by atoms with van der Waals surface area (Å²) in [7, 11) is 0. The number of nitriles is 2. The zero-order chi connectivity index (χ0) is 11.1. The maximum Gasteiger partial charge on any atom is 0.133 e. The molecule has 0 rings (SSSR count). The second-order valence-electron chi connectivity index (χ2n) is 3.15. The number of allylic oxidation sites excluding steroid dienone is 2. The molecule has 72 valence electrons. The first-order valence-corrected chi connectivity index (χ1v) is 4.17. The topological polar surface area (TPSA) is 64.7 Å². The number of carbonyl (C=O) groups is 1. The molecule has 0 amide bonds. The van der Waals surface area contributed by atoms with Gasteiger partial charge in [0.2, 0.25) is 0 Å². The van der Waals surface area contributed by atoms with E-state index < -0.39 is 0 Å². The van der Waals surface area contributed by atoms with E-state index in [1.54, 1.807) is 0 Å². The lowest BCUT2D eigenvalue weighted by atomic mass is 9.91. The second-order valence-corrected chi connectivity index (χ2v) is 3.15. The Balaban J connectivity index is 4.42. The SMILES string of the molecule is C=C(C#N)CC(CC(=C)C#N)C(C)=O. The fraction of sp³-hybridized carbons (Fsp3) is 0.364. The van der Waals surface area contributed by atoms with Crippen molar-refractivity contribution >= 4 is 5.78 Å². The van der Waals surface area contributed by atoms with E-state index >= 15 is 0 Å². The van der Waals surface area contributed by atoms with E-state index in [2.05, 4.69) is 13.2 Å². The highest BCUT2D eigenvalue weighted by atomic mass is 16.1. The third-order valence-corrected chi connectivity index (χ3v) is 1.88. The summed E-state index contributed by atoms with van der Waals surface area (Å²) in [6, 6.07) is 3.76. The summed E-state index contributed by atoms with van der Waals surface area (Å²) in [5.74, 6) is -0.382. The van der Waals surface area contributed by atoms with Crippen molar-refractivity contribution in [2.75, 3.05) is 0 Å². The molecule has 0 aliphatic carbocycles. The molecule has 0 aromatic rings. The van der Waals surface area contributed by atoms with Crippen LogP contribution in [0.1, 0.15) is 19.8 Å². The average Bonchev–Trinajstić information content (AvgIpc) is 2.16. The van der Waals surface area contributed by atoms with Gasteiger partial charge >= 0.3 is 0 Å². The molecule has 0 aliphatic heterocycles. The van der Waals surface area contributed by atoms with Gasteiger partial charge in [-0.3, -0.25) is 4.79 Å². The number of hydrogen-bond donors (Lipinski definition) is 0. The van der Waals surface area contributed by atoms with Crippen LogP contribution in [0.5, 0.6) is 0 Å². The van der Waals surface area contributed by atoms with Crippen molar-refractivity contribution in [1.82, 2.24) is 0 Å². The highest BCUT2D eigenvalue weighted by molar-refractivity contribution is 5.79. The van der Waals surface area contributed by atoms with Crippen molar-refractivity contribution in [2.45, 2.75) is 19.8 Å². The molecule has 0 N–H and O–H groups in total. The van der Waals surface area contributed by atoms with E-state index in [4.69, 9.17) is 10.5 Å². The molecular formula is C11H12N2O. The van der Waals surface area contributed by atoms with Crippen LogP contribution in [0, 0.1) is 28.6 Å². The molecule has 3 heteroatoms.